The molecule has 0 fully saturated rings. The molecule has 1 aromatic carbocycles. The van der Waals surface area contributed by atoms with Crippen LogP contribution in [0.3, 0.4) is 0 Å². The molecular formula is C14H15ClN2O. The minimum Gasteiger partial charge on any atom is -0.310 e. The van der Waals surface area contributed by atoms with Crippen molar-refractivity contribution in [2.45, 2.75) is 25.1 Å². The molecule has 2 aromatic rings. The number of aromatic amines is 1. The van der Waals surface area contributed by atoms with Gasteiger partial charge in [-0.2, -0.15) is 0 Å². The molecule has 0 radical (unpaired) electrons. The van der Waals surface area contributed by atoms with Crippen molar-refractivity contribution in [2.75, 3.05) is 0 Å². The molecule has 0 aliphatic heterocycles. The summed E-state index contributed by atoms with van der Waals surface area (Å²) in [7, 11) is 0. The minimum absolute atomic E-state index is 0.167. The van der Waals surface area contributed by atoms with E-state index in [0.29, 0.717) is 11.5 Å². The predicted molar refractivity (Wildman–Crippen MR) is 73.0 cm³/mol. The Bertz CT molecular complexity index is 590. The Morgan fingerprint density at radius 1 is 1.28 bits per heavy atom. The van der Waals surface area contributed by atoms with Crippen LogP contribution >= 0.6 is 11.6 Å². The van der Waals surface area contributed by atoms with Crippen LogP contribution < -0.4 is 5.56 Å². The Balaban J connectivity index is 2.54. The van der Waals surface area contributed by atoms with E-state index < -0.39 is 0 Å². The maximum atomic E-state index is 11.6. The van der Waals surface area contributed by atoms with Crippen molar-refractivity contribution < 1.29 is 0 Å². The molecule has 0 unspecified atom stereocenters. The molecule has 1 aromatic heterocycles. The van der Waals surface area contributed by atoms with Gasteiger partial charge in [-0.25, -0.2) is 4.98 Å². The third-order valence-electron chi connectivity index (χ3n) is 3.02. The van der Waals surface area contributed by atoms with Gasteiger partial charge >= 0.3 is 0 Å². The Hall–Kier alpha value is -1.61. The van der Waals surface area contributed by atoms with E-state index in [1.807, 2.05) is 44.2 Å². The first-order valence-electron chi connectivity index (χ1n) is 5.76. The van der Waals surface area contributed by atoms with Crippen LogP contribution in [0.25, 0.3) is 0 Å². The lowest BCUT2D eigenvalue weighted by molar-refractivity contribution is 0.583. The van der Waals surface area contributed by atoms with Crippen LogP contribution in [0.4, 0.5) is 0 Å². The van der Waals surface area contributed by atoms with Gasteiger partial charge in [0.1, 0.15) is 5.82 Å². The summed E-state index contributed by atoms with van der Waals surface area (Å²) in [5, 5.41) is 0. The summed E-state index contributed by atoms with van der Waals surface area (Å²) >= 11 is 5.75. The Morgan fingerprint density at radius 3 is 2.56 bits per heavy atom. The fourth-order valence-corrected chi connectivity index (χ4v) is 2.00. The van der Waals surface area contributed by atoms with E-state index in [0.717, 1.165) is 5.56 Å². The summed E-state index contributed by atoms with van der Waals surface area (Å²) in [4.78, 5) is 18.8. The first-order chi connectivity index (χ1) is 8.54. The highest BCUT2D eigenvalue weighted by molar-refractivity contribution is 6.16. The molecule has 0 amide bonds. The van der Waals surface area contributed by atoms with Gasteiger partial charge in [0.2, 0.25) is 0 Å². The van der Waals surface area contributed by atoms with Gasteiger partial charge in [0.25, 0.3) is 5.56 Å². The molecule has 18 heavy (non-hydrogen) atoms. The lowest BCUT2D eigenvalue weighted by Gasteiger charge is -2.24. The van der Waals surface area contributed by atoms with E-state index in [1.165, 1.54) is 6.07 Å². The Kier molecular flexibility index (Phi) is 3.53. The maximum absolute atomic E-state index is 11.6. The molecule has 0 atom stereocenters. The SMILES string of the molecule is CC(C)(c1ccccc1)c1nc(CCl)cc(=O)[nH]1. The Morgan fingerprint density at radius 2 is 1.94 bits per heavy atom. The molecule has 94 valence electrons. The molecule has 1 heterocycles. The largest absolute Gasteiger partial charge is 0.310 e. The third-order valence-corrected chi connectivity index (χ3v) is 3.29. The van der Waals surface area contributed by atoms with Crippen LogP contribution in [0.1, 0.15) is 30.9 Å². The van der Waals surface area contributed by atoms with Gasteiger partial charge < -0.3 is 4.98 Å². The van der Waals surface area contributed by atoms with Crippen molar-refractivity contribution in [3.63, 3.8) is 0 Å². The zero-order chi connectivity index (χ0) is 13.2. The van der Waals surface area contributed by atoms with E-state index in [-0.39, 0.29) is 16.9 Å². The van der Waals surface area contributed by atoms with Crippen molar-refractivity contribution in [1.29, 1.82) is 0 Å². The number of benzene rings is 1. The monoisotopic (exact) mass is 262 g/mol. The topological polar surface area (TPSA) is 45.8 Å². The first kappa shape index (κ1) is 12.8. The smallest absolute Gasteiger partial charge is 0.251 e. The van der Waals surface area contributed by atoms with Gasteiger partial charge in [0.05, 0.1) is 11.6 Å². The van der Waals surface area contributed by atoms with Crippen molar-refractivity contribution in [2.24, 2.45) is 0 Å². The number of aromatic nitrogens is 2. The predicted octanol–water partition coefficient (Wildman–Crippen LogP) is 2.83. The lowest BCUT2D eigenvalue weighted by Crippen LogP contribution is -2.26. The van der Waals surface area contributed by atoms with Gasteiger partial charge in [-0.3, -0.25) is 4.79 Å². The molecule has 0 saturated heterocycles. The highest BCUT2D eigenvalue weighted by atomic mass is 35.5. The maximum Gasteiger partial charge on any atom is 0.251 e. The van der Waals surface area contributed by atoms with Crippen LogP contribution in [0.2, 0.25) is 0 Å². The average molecular weight is 263 g/mol. The molecule has 0 aliphatic rings. The highest BCUT2D eigenvalue weighted by Gasteiger charge is 2.25. The van der Waals surface area contributed by atoms with Crippen molar-refractivity contribution in [1.82, 2.24) is 9.97 Å². The summed E-state index contributed by atoms with van der Waals surface area (Å²) in [5.41, 5.74) is 1.17. The van der Waals surface area contributed by atoms with Crippen LogP contribution in [0.15, 0.2) is 41.2 Å². The molecule has 0 saturated carbocycles. The number of alkyl halides is 1. The highest BCUT2D eigenvalue weighted by Crippen LogP contribution is 2.28. The molecule has 1 N–H and O–H groups in total. The van der Waals surface area contributed by atoms with Crippen molar-refractivity contribution in [3.05, 3.63) is 63.8 Å². The number of hydrogen-bond acceptors (Lipinski definition) is 2. The summed E-state index contributed by atoms with van der Waals surface area (Å²) in [6, 6.07) is 11.4. The van der Waals surface area contributed by atoms with Crippen molar-refractivity contribution >= 4 is 11.6 Å². The standard InChI is InChI=1S/C14H15ClN2O/c1-14(2,10-6-4-3-5-7-10)13-16-11(9-15)8-12(18)17-13/h3-8H,9H2,1-2H3,(H,16,17,18). The van der Waals surface area contributed by atoms with E-state index in [2.05, 4.69) is 9.97 Å². The summed E-state index contributed by atoms with van der Waals surface area (Å²) in [6.07, 6.45) is 0. The number of nitrogens with one attached hydrogen (secondary N) is 1. The molecule has 0 spiro atoms. The molecule has 2 rings (SSSR count). The van der Waals surface area contributed by atoms with Crippen LogP contribution in [-0.2, 0) is 11.3 Å². The first-order valence-corrected chi connectivity index (χ1v) is 6.29. The molecule has 3 nitrogen and oxygen atoms in total. The quantitative estimate of drug-likeness (QED) is 0.865. The Labute approximate surface area is 111 Å². The fraction of sp³-hybridized carbons (Fsp3) is 0.286. The summed E-state index contributed by atoms with van der Waals surface area (Å²) in [5.74, 6) is 0.874. The summed E-state index contributed by atoms with van der Waals surface area (Å²) in [6.45, 7) is 4.05. The zero-order valence-corrected chi connectivity index (χ0v) is 11.2. The number of halogens is 1. The van der Waals surface area contributed by atoms with E-state index in [4.69, 9.17) is 11.6 Å². The number of rotatable bonds is 3. The second kappa shape index (κ2) is 4.94. The van der Waals surface area contributed by atoms with Gasteiger partial charge in [-0.1, -0.05) is 30.3 Å². The van der Waals surface area contributed by atoms with Gasteiger partial charge in [0, 0.05) is 11.5 Å². The fourth-order valence-electron chi connectivity index (χ4n) is 1.86. The second-order valence-corrected chi connectivity index (χ2v) is 4.98. The second-order valence-electron chi connectivity index (χ2n) is 4.71. The third kappa shape index (κ3) is 2.46. The van der Waals surface area contributed by atoms with Crippen LogP contribution in [0, 0.1) is 0 Å². The van der Waals surface area contributed by atoms with E-state index >= 15 is 0 Å². The van der Waals surface area contributed by atoms with E-state index in [1.54, 1.807) is 0 Å². The molecule has 0 bridgehead atoms. The molecular weight excluding hydrogens is 248 g/mol. The zero-order valence-electron chi connectivity index (χ0n) is 10.4. The number of nitrogens with zero attached hydrogens (tertiary/aromatic N) is 1. The van der Waals surface area contributed by atoms with Crippen molar-refractivity contribution in [3.8, 4) is 0 Å². The summed E-state index contributed by atoms with van der Waals surface area (Å²) < 4.78 is 0. The minimum atomic E-state index is -0.359. The normalized spacial score (nSPS) is 11.5. The number of hydrogen-bond donors (Lipinski definition) is 1. The molecule has 4 heteroatoms. The van der Waals surface area contributed by atoms with E-state index in [9.17, 15) is 4.79 Å². The number of H-pyrrole nitrogens is 1. The lowest BCUT2D eigenvalue weighted by atomic mass is 9.84. The van der Waals surface area contributed by atoms with Gasteiger partial charge in [-0.05, 0) is 19.4 Å². The van der Waals surface area contributed by atoms with Crippen LogP contribution in [0.5, 0.6) is 0 Å². The van der Waals surface area contributed by atoms with Gasteiger partial charge in [0.15, 0.2) is 0 Å². The van der Waals surface area contributed by atoms with Crippen LogP contribution in [-0.4, -0.2) is 9.97 Å². The molecule has 0 aliphatic carbocycles. The average Bonchev–Trinajstić information content (AvgIpc) is 2.39. The van der Waals surface area contributed by atoms with Gasteiger partial charge in [-0.15, -0.1) is 11.6 Å².